The van der Waals surface area contributed by atoms with Gasteiger partial charge in [0.25, 0.3) is 0 Å². The number of carbonyl (C=O) groups is 3. The standard InChI is InChI=1S/C47H80N8O9/c1-32(2)64-38(58)50-35-22-44(7,8)28-47(11,25-35)31-55-40(60)53(29-45(9)23-33(20-42(3,4)26-45)48-36(56)62-18-16-51-12-13-51)39(59)54(41(55)61)30-46(10)24-34(21-43(5,6)27-46)49-37(57)63-19-17-52-14-15-52/h32-35H,12-31H2,1-11H3,(H,48,56)(H,49,57)(H,50,58). The first-order valence-electron chi connectivity index (χ1n) is 23.9. The van der Waals surface area contributed by atoms with Crippen LogP contribution in [0.1, 0.15) is 134 Å². The second kappa shape index (κ2) is 18.8. The first kappa shape index (κ1) is 49.6. The third kappa shape index (κ3) is 13.8. The van der Waals surface area contributed by atoms with Gasteiger partial charge in [0, 0.05) is 77.0 Å². The van der Waals surface area contributed by atoms with Gasteiger partial charge in [-0.25, -0.2) is 42.5 Å². The number of hydrogen-bond donors (Lipinski definition) is 3. The molecule has 3 heterocycles. The fourth-order valence-corrected chi connectivity index (χ4v) is 12.8. The maximum Gasteiger partial charge on any atom is 0.407 e. The zero-order valence-electron chi connectivity index (χ0n) is 40.9. The number of rotatable bonds is 16. The molecule has 1 aromatic rings. The van der Waals surface area contributed by atoms with Gasteiger partial charge < -0.3 is 30.2 Å². The SMILES string of the molecule is CC(C)OC(=O)NC1CC(C)(C)CC(C)(Cn2c(=O)n(CC3(C)CC(NC(=O)OCCN4CC4)CC(C)(C)C3)c(=O)n(CC3(C)CC(NC(=O)OCCN4CC4)CC(C)(C)C3)c2=O)C1. The van der Waals surface area contributed by atoms with Crippen molar-refractivity contribution in [1.82, 2.24) is 39.5 Å². The van der Waals surface area contributed by atoms with Crippen molar-refractivity contribution in [3.05, 3.63) is 31.5 Å². The summed E-state index contributed by atoms with van der Waals surface area (Å²) in [6.07, 6.45) is 3.86. The normalized spacial score (nSPS) is 30.8. The van der Waals surface area contributed by atoms with Crippen molar-refractivity contribution in [2.75, 3.05) is 52.5 Å². The van der Waals surface area contributed by atoms with Crippen LogP contribution in [0.3, 0.4) is 0 Å². The molecule has 0 bridgehead atoms. The van der Waals surface area contributed by atoms with Crippen molar-refractivity contribution in [2.24, 2.45) is 32.5 Å². The van der Waals surface area contributed by atoms with Gasteiger partial charge in [-0.15, -0.1) is 0 Å². The number of ether oxygens (including phenoxy) is 3. The first-order valence-corrected chi connectivity index (χ1v) is 23.9. The summed E-state index contributed by atoms with van der Waals surface area (Å²) in [5.41, 5.74) is -4.59. The number of carbonyl (C=O) groups excluding carboxylic acids is 3. The van der Waals surface area contributed by atoms with E-state index in [9.17, 15) is 28.8 Å². The maximum absolute atomic E-state index is 15.0. The van der Waals surface area contributed by atoms with E-state index < -0.39 is 51.6 Å². The maximum atomic E-state index is 15.0. The van der Waals surface area contributed by atoms with Gasteiger partial charge in [0.2, 0.25) is 0 Å². The summed E-state index contributed by atoms with van der Waals surface area (Å²) < 4.78 is 20.3. The van der Waals surface area contributed by atoms with Crippen LogP contribution in [0.15, 0.2) is 14.4 Å². The lowest BCUT2D eigenvalue weighted by molar-refractivity contribution is 0.0390. The molecular weight excluding hydrogens is 821 g/mol. The molecular formula is C47H80N8O9. The topological polar surface area (TPSA) is 187 Å². The Bertz CT molecular complexity index is 1940. The Morgan fingerprint density at radius 2 is 0.812 bits per heavy atom. The fraction of sp³-hybridized carbons (Fsp3) is 0.872. The third-order valence-electron chi connectivity index (χ3n) is 14.0. The second-order valence-corrected chi connectivity index (χ2v) is 24.2. The Balaban J connectivity index is 1.33. The number of alkyl carbamates (subject to hydrolysis) is 3. The molecule has 3 aliphatic carbocycles. The molecule has 17 nitrogen and oxygen atoms in total. The molecule has 2 aliphatic heterocycles. The Hall–Kier alpha value is -3.86. The van der Waals surface area contributed by atoms with E-state index in [0.717, 1.165) is 26.2 Å². The van der Waals surface area contributed by atoms with E-state index in [1.54, 1.807) is 13.8 Å². The molecule has 3 saturated carbocycles. The van der Waals surface area contributed by atoms with E-state index >= 15 is 0 Å². The number of amides is 3. The van der Waals surface area contributed by atoms with Crippen LogP contribution in [-0.4, -0.2) is 118 Å². The van der Waals surface area contributed by atoms with E-state index in [1.807, 2.05) is 6.92 Å². The van der Waals surface area contributed by atoms with E-state index in [4.69, 9.17) is 14.2 Å². The Labute approximate surface area is 379 Å². The highest BCUT2D eigenvalue weighted by molar-refractivity contribution is 5.68. The van der Waals surface area contributed by atoms with Crippen LogP contribution in [0.4, 0.5) is 14.4 Å². The molecule has 6 rings (SSSR count). The van der Waals surface area contributed by atoms with E-state index in [-0.39, 0.29) is 60.1 Å². The van der Waals surface area contributed by atoms with Crippen LogP contribution in [0.2, 0.25) is 0 Å². The highest BCUT2D eigenvalue weighted by Crippen LogP contribution is 2.49. The van der Waals surface area contributed by atoms with Gasteiger partial charge in [-0.3, -0.25) is 9.80 Å². The molecule has 6 unspecified atom stereocenters. The summed E-state index contributed by atoms with van der Waals surface area (Å²) in [6.45, 7) is 28.7. The van der Waals surface area contributed by atoms with Crippen LogP contribution >= 0.6 is 0 Å². The summed E-state index contributed by atoms with van der Waals surface area (Å²) in [5, 5.41) is 9.21. The van der Waals surface area contributed by atoms with Crippen molar-refractivity contribution >= 4 is 18.3 Å². The highest BCUT2D eigenvalue weighted by atomic mass is 16.6. The van der Waals surface area contributed by atoms with Gasteiger partial charge in [0.15, 0.2) is 0 Å². The zero-order chi connectivity index (χ0) is 47.0. The number of hydrogen-bond acceptors (Lipinski definition) is 11. The molecule has 1 aromatic heterocycles. The van der Waals surface area contributed by atoms with E-state index in [2.05, 4.69) is 81.1 Å². The molecule has 6 atom stereocenters. The molecule has 3 amide bonds. The average Bonchev–Trinajstić information content (AvgIpc) is 4.05. The smallest absolute Gasteiger partial charge is 0.407 e. The van der Waals surface area contributed by atoms with E-state index in [0.29, 0.717) is 84.1 Å². The van der Waals surface area contributed by atoms with Gasteiger partial charge in [0.05, 0.1) is 6.10 Å². The minimum atomic E-state index is -0.665. The summed E-state index contributed by atoms with van der Waals surface area (Å²) in [4.78, 5) is 88.1. The Morgan fingerprint density at radius 1 is 0.516 bits per heavy atom. The van der Waals surface area contributed by atoms with Crippen molar-refractivity contribution in [3.8, 4) is 0 Å². The molecule has 17 heteroatoms. The van der Waals surface area contributed by atoms with Crippen molar-refractivity contribution in [1.29, 1.82) is 0 Å². The first-order chi connectivity index (χ1) is 29.6. The summed E-state index contributed by atoms with van der Waals surface area (Å²) in [7, 11) is 0. The highest BCUT2D eigenvalue weighted by Gasteiger charge is 2.47. The molecule has 3 N–H and O–H groups in total. The molecule has 64 heavy (non-hydrogen) atoms. The molecule has 0 spiro atoms. The quantitative estimate of drug-likeness (QED) is 0.147. The third-order valence-corrected chi connectivity index (χ3v) is 14.0. The van der Waals surface area contributed by atoms with Gasteiger partial charge in [0.1, 0.15) is 13.2 Å². The van der Waals surface area contributed by atoms with Crippen molar-refractivity contribution in [3.63, 3.8) is 0 Å². The Kier molecular flexibility index (Phi) is 14.6. The van der Waals surface area contributed by atoms with Gasteiger partial charge >= 0.3 is 35.3 Å². The number of aromatic nitrogens is 3. The minimum Gasteiger partial charge on any atom is -0.448 e. The molecule has 0 aromatic carbocycles. The summed E-state index contributed by atoms with van der Waals surface area (Å²) in [5.74, 6) is 0. The largest absolute Gasteiger partial charge is 0.448 e. The summed E-state index contributed by atoms with van der Waals surface area (Å²) >= 11 is 0. The van der Waals surface area contributed by atoms with Crippen molar-refractivity contribution < 1.29 is 28.6 Å². The minimum absolute atomic E-state index is 0.0388. The van der Waals surface area contributed by atoms with E-state index in [1.165, 1.54) is 13.7 Å². The summed E-state index contributed by atoms with van der Waals surface area (Å²) in [6, 6.07) is -0.778. The Morgan fingerprint density at radius 3 is 1.09 bits per heavy atom. The zero-order valence-corrected chi connectivity index (χ0v) is 40.9. The molecule has 2 saturated heterocycles. The van der Waals surface area contributed by atoms with Crippen LogP contribution in [0.25, 0.3) is 0 Å². The van der Waals surface area contributed by atoms with Crippen molar-refractivity contribution in [2.45, 2.75) is 178 Å². The van der Waals surface area contributed by atoms with Gasteiger partial charge in [-0.1, -0.05) is 62.3 Å². The molecule has 5 fully saturated rings. The number of nitrogens with zero attached hydrogens (tertiary/aromatic N) is 5. The van der Waals surface area contributed by atoms with Crippen LogP contribution in [-0.2, 0) is 33.8 Å². The second-order valence-electron chi connectivity index (χ2n) is 24.2. The molecule has 0 radical (unpaired) electrons. The van der Waals surface area contributed by atoms with Gasteiger partial charge in [-0.2, -0.15) is 0 Å². The predicted octanol–water partition coefficient (Wildman–Crippen LogP) is 5.14. The van der Waals surface area contributed by atoms with Crippen LogP contribution in [0, 0.1) is 32.5 Å². The fourth-order valence-electron chi connectivity index (χ4n) is 12.8. The lowest BCUT2D eigenvalue weighted by atomic mass is 9.62. The average molecular weight is 901 g/mol. The monoisotopic (exact) mass is 901 g/mol. The number of nitrogens with one attached hydrogen (secondary N) is 3. The van der Waals surface area contributed by atoms with Crippen LogP contribution in [0.5, 0.6) is 0 Å². The van der Waals surface area contributed by atoms with Crippen LogP contribution < -0.4 is 33.0 Å². The lowest BCUT2D eigenvalue weighted by Gasteiger charge is -2.48. The predicted molar refractivity (Wildman–Crippen MR) is 244 cm³/mol. The molecule has 362 valence electrons. The van der Waals surface area contributed by atoms with Gasteiger partial charge in [-0.05, 0) is 104 Å². The molecule has 5 aliphatic rings. The lowest BCUT2D eigenvalue weighted by Crippen LogP contribution is -2.60.